The Morgan fingerprint density at radius 3 is 2.55 bits per heavy atom. The minimum Gasteiger partial charge on any atom is -0.476 e. The van der Waals surface area contributed by atoms with E-state index in [2.05, 4.69) is 26.2 Å². The zero-order chi connectivity index (χ0) is 14.7. The number of aromatic carboxylic acids is 1. The number of nitrogens with zero attached hydrogens (tertiary/aromatic N) is 1. The minimum atomic E-state index is -1.09. The lowest BCUT2D eigenvalue weighted by Gasteiger charge is -2.09. The van der Waals surface area contributed by atoms with Gasteiger partial charge in [0, 0.05) is 15.5 Å². The molecule has 2 rings (SSSR count). The monoisotopic (exact) mass is 354 g/mol. The van der Waals surface area contributed by atoms with E-state index in [-0.39, 0.29) is 11.6 Å². The number of rotatable bonds is 4. The van der Waals surface area contributed by atoms with E-state index >= 15 is 0 Å². The van der Waals surface area contributed by atoms with Crippen LogP contribution in [0.4, 0.5) is 5.69 Å². The van der Waals surface area contributed by atoms with Gasteiger partial charge in [-0.15, -0.1) is 11.3 Å². The Balaban J connectivity index is 2.07. The first-order chi connectivity index (χ1) is 9.47. The molecule has 20 heavy (non-hydrogen) atoms. The number of carboxylic acid groups (broad SMARTS) is 1. The molecule has 0 unspecified atom stereocenters. The normalized spacial score (nSPS) is 11.9. The van der Waals surface area contributed by atoms with Gasteiger partial charge in [-0.2, -0.15) is 0 Å². The van der Waals surface area contributed by atoms with E-state index in [9.17, 15) is 9.59 Å². The lowest BCUT2D eigenvalue weighted by molar-refractivity contribution is -0.117. The first kappa shape index (κ1) is 14.7. The van der Waals surface area contributed by atoms with Gasteiger partial charge in [0.15, 0.2) is 5.69 Å². The molecule has 104 valence electrons. The largest absolute Gasteiger partial charge is 0.476 e. The average molecular weight is 355 g/mol. The van der Waals surface area contributed by atoms with Crippen molar-refractivity contribution < 1.29 is 14.7 Å². The number of amides is 1. The Labute approximate surface area is 127 Å². The smallest absolute Gasteiger partial charge is 0.355 e. The molecule has 0 fully saturated rings. The van der Waals surface area contributed by atoms with Crippen LogP contribution < -0.4 is 5.32 Å². The first-order valence-electron chi connectivity index (χ1n) is 5.72. The van der Waals surface area contributed by atoms with Gasteiger partial charge in [0.05, 0.1) is 5.92 Å². The maximum Gasteiger partial charge on any atom is 0.355 e. The van der Waals surface area contributed by atoms with Crippen LogP contribution in [0, 0.1) is 0 Å². The molecule has 0 aliphatic heterocycles. The van der Waals surface area contributed by atoms with E-state index in [1.807, 2.05) is 12.1 Å². The van der Waals surface area contributed by atoms with E-state index < -0.39 is 11.9 Å². The molecule has 1 amide bonds. The number of hydrogen-bond donors (Lipinski definition) is 2. The van der Waals surface area contributed by atoms with Crippen molar-refractivity contribution in [3.63, 3.8) is 0 Å². The van der Waals surface area contributed by atoms with Crippen LogP contribution in [0.25, 0.3) is 0 Å². The third kappa shape index (κ3) is 3.43. The van der Waals surface area contributed by atoms with Crippen LogP contribution in [-0.4, -0.2) is 22.0 Å². The van der Waals surface area contributed by atoms with Crippen LogP contribution in [0.1, 0.15) is 28.3 Å². The standard InChI is InChI=1S/C13H11BrN2O3S/c1-7(12-16-10(6-20-12)13(18)19)11(17)15-9-4-2-8(14)3-5-9/h2-7H,1H3,(H,15,17)(H,18,19)/t7-/m1/s1. The Morgan fingerprint density at radius 1 is 1.35 bits per heavy atom. The topological polar surface area (TPSA) is 79.3 Å². The first-order valence-corrected chi connectivity index (χ1v) is 7.40. The highest BCUT2D eigenvalue weighted by atomic mass is 79.9. The number of carbonyl (C=O) groups is 2. The summed E-state index contributed by atoms with van der Waals surface area (Å²) in [5.74, 6) is -1.82. The molecule has 0 saturated carbocycles. The van der Waals surface area contributed by atoms with E-state index in [0.717, 1.165) is 4.47 Å². The van der Waals surface area contributed by atoms with Gasteiger partial charge in [-0.3, -0.25) is 4.79 Å². The van der Waals surface area contributed by atoms with Crippen molar-refractivity contribution in [1.29, 1.82) is 0 Å². The number of nitrogens with one attached hydrogen (secondary N) is 1. The zero-order valence-corrected chi connectivity index (χ0v) is 12.9. The number of halogens is 1. The van der Waals surface area contributed by atoms with Gasteiger partial charge in [0.2, 0.25) is 5.91 Å². The van der Waals surface area contributed by atoms with Gasteiger partial charge in [0.1, 0.15) is 5.01 Å². The highest BCUT2D eigenvalue weighted by Crippen LogP contribution is 2.22. The maximum absolute atomic E-state index is 12.1. The van der Waals surface area contributed by atoms with Crippen LogP contribution in [0.5, 0.6) is 0 Å². The van der Waals surface area contributed by atoms with Crippen molar-refractivity contribution >= 4 is 44.8 Å². The Bertz CT molecular complexity index is 639. The van der Waals surface area contributed by atoms with Crippen LogP contribution >= 0.6 is 27.3 Å². The van der Waals surface area contributed by atoms with Gasteiger partial charge in [-0.25, -0.2) is 9.78 Å². The van der Waals surface area contributed by atoms with Crippen molar-refractivity contribution in [1.82, 2.24) is 4.98 Å². The Morgan fingerprint density at radius 2 is 2.00 bits per heavy atom. The molecule has 0 saturated heterocycles. The van der Waals surface area contributed by atoms with Gasteiger partial charge < -0.3 is 10.4 Å². The number of benzene rings is 1. The molecule has 1 heterocycles. The molecular formula is C13H11BrN2O3S. The van der Waals surface area contributed by atoms with Gasteiger partial charge in [-0.05, 0) is 31.2 Å². The number of hydrogen-bond acceptors (Lipinski definition) is 4. The SMILES string of the molecule is C[C@H](C(=O)Nc1ccc(Br)cc1)c1nc(C(=O)O)cs1. The van der Waals surface area contributed by atoms with E-state index in [4.69, 9.17) is 5.11 Å². The minimum absolute atomic E-state index is 0.0340. The van der Waals surface area contributed by atoms with E-state index in [1.54, 1.807) is 19.1 Å². The third-order valence-electron chi connectivity index (χ3n) is 2.62. The summed E-state index contributed by atoms with van der Waals surface area (Å²) < 4.78 is 0.926. The van der Waals surface area contributed by atoms with Gasteiger partial charge in [0.25, 0.3) is 0 Å². The van der Waals surface area contributed by atoms with Gasteiger partial charge >= 0.3 is 5.97 Å². The summed E-state index contributed by atoms with van der Waals surface area (Å²) in [6, 6.07) is 7.21. The average Bonchev–Trinajstić information content (AvgIpc) is 2.90. The molecule has 0 aliphatic carbocycles. The number of anilines is 1. The van der Waals surface area contributed by atoms with Crippen LogP contribution in [-0.2, 0) is 4.79 Å². The summed E-state index contributed by atoms with van der Waals surface area (Å²) in [6.07, 6.45) is 0. The van der Waals surface area contributed by atoms with E-state index in [1.165, 1.54) is 16.7 Å². The molecular weight excluding hydrogens is 344 g/mol. The van der Waals surface area contributed by atoms with Crippen molar-refractivity contribution in [2.24, 2.45) is 0 Å². The Hall–Kier alpha value is -1.73. The van der Waals surface area contributed by atoms with Crippen LogP contribution in [0.15, 0.2) is 34.1 Å². The molecule has 7 heteroatoms. The molecule has 0 bridgehead atoms. The van der Waals surface area contributed by atoms with E-state index in [0.29, 0.717) is 10.7 Å². The summed E-state index contributed by atoms with van der Waals surface area (Å²) in [4.78, 5) is 26.8. The van der Waals surface area contributed by atoms with Gasteiger partial charge in [-0.1, -0.05) is 15.9 Å². The second kappa shape index (κ2) is 6.15. The number of carbonyl (C=O) groups excluding carboxylic acids is 1. The summed E-state index contributed by atoms with van der Waals surface area (Å²) in [7, 11) is 0. The number of thiazole rings is 1. The second-order valence-electron chi connectivity index (χ2n) is 4.09. The molecule has 5 nitrogen and oxygen atoms in total. The van der Waals surface area contributed by atoms with Crippen molar-refractivity contribution in [3.05, 3.63) is 44.8 Å². The van der Waals surface area contributed by atoms with Crippen molar-refractivity contribution in [2.75, 3.05) is 5.32 Å². The Kier molecular flexibility index (Phi) is 4.51. The highest BCUT2D eigenvalue weighted by molar-refractivity contribution is 9.10. The fraction of sp³-hybridized carbons (Fsp3) is 0.154. The molecule has 1 aromatic carbocycles. The summed E-state index contributed by atoms with van der Waals surface area (Å²) in [6.45, 7) is 1.69. The molecule has 2 N–H and O–H groups in total. The molecule has 1 aromatic heterocycles. The number of aromatic nitrogens is 1. The lowest BCUT2D eigenvalue weighted by Crippen LogP contribution is -2.18. The van der Waals surface area contributed by atoms with Crippen LogP contribution in [0.3, 0.4) is 0 Å². The predicted molar refractivity (Wildman–Crippen MR) is 80.3 cm³/mol. The highest BCUT2D eigenvalue weighted by Gasteiger charge is 2.20. The quantitative estimate of drug-likeness (QED) is 0.882. The van der Waals surface area contributed by atoms with Crippen molar-refractivity contribution in [3.8, 4) is 0 Å². The fourth-order valence-corrected chi connectivity index (χ4v) is 2.59. The predicted octanol–water partition coefficient (Wildman–Crippen LogP) is 3.35. The summed E-state index contributed by atoms with van der Waals surface area (Å²) >= 11 is 4.48. The van der Waals surface area contributed by atoms with Crippen LogP contribution in [0.2, 0.25) is 0 Å². The molecule has 0 radical (unpaired) electrons. The van der Waals surface area contributed by atoms with Crippen molar-refractivity contribution in [2.45, 2.75) is 12.8 Å². The third-order valence-corrected chi connectivity index (χ3v) is 4.17. The molecule has 1 atom stereocenters. The fourth-order valence-electron chi connectivity index (χ4n) is 1.48. The lowest BCUT2D eigenvalue weighted by atomic mass is 10.1. The molecule has 0 aliphatic rings. The number of carboxylic acids is 1. The summed E-state index contributed by atoms with van der Waals surface area (Å²) in [5.41, 5.74) is 0.647. The second-order valence-corrected chi connectivity index (χ2v) is 5.90. The summed E-state index contributed by atoms with van der Waals surface area (Å²) in [5, 5.41) is 13.5. The zero-order valence-electron chi connectivity index (χ0n) is 10.5. The molecule has 0 spiro atoms. The molecule has 2 aromatic rings. The maximum atomic E-state index is 12.1.